The third-order valence-electron chi connectivity index (χ3n) is 3.32. The van der Waals surface area contributed by atoms with Crippen LogP contribution in [0.15, 0.2) is 0 Å². The Kier molecular flexibility index (Phi) is 5.41. The van der Waals surface area contributed by atoms with Gasteiger partial charge in [0.15, 0.2) is 0 Å². The molecule has 5 heteroatoms. The normalized spacial score (nSPS) is 22.2. The van der Waals surface area contributed by atoms with Crippen molar-refractivity contribution in [3.8, 4) is 0 Å². The molecule has 0 radical (unpaired) electrons. The average molecular weight is 241 g/mol. The highest BCUT2D eigenvalue weighted by Gasteiger charge is 2.29. The van der Waals surface area contributed by atoms with Crippen molar-refractivity contribution in [2.45, 2.75) is 45.1 Å². The van der Waals surface area contributed by atoms with Crippen LogP contribution in [0.3, 0.4) is 0 Å². The number of hydrogen-bond acceptors (Lipinski definition) is 3. The maximum Gasteiger partial charge on any atom is 0.239 e. The van der Waals surface area contributed by atoms with Gasteiger partial charge in [0.2, 0.25) is 11.8 Å². The summed E-state index contributed by atoms with van der Waals surface area (Å²) < 4.78 is 0. The fourth-order valence-electron chi connectivity index (χ4n) is 2.19. The highest BCUT2D eigenvalue weighted by atomic mass is 16.2. The lowest BCUT2D eigenvalue weighted by Crippen LogP contribution is -2.50. The maximum absolute atomic E-state index is 12.0. The fraction of sp³-hybridized carbons (Fsp3) is 0.833. The molecule has 0 bridgehead atoms. The van der Waals surface area contributed by atoms with Gasteiger partial charge < -0.3 is 16.4 Å². The van der Waals surface area contributed by atoms with Crippen molar-refractivity contribution < 1.29 is 9.59 Å². The van der Waals surface area contributed by atoms with E-state index in [0.717, 1.165) is 25.7 Å². The number of rotatable bonds is 5. The second-order valence-electron chi connectivity index (χ2n) is 4.77. The van der Waals surface area contributed by atoms with Gasteiger partial charge >= 0.3 is 0 Å². The van der Waals surface area contributed by atoms with Crippen molar-refractivity contribution in [3.63, 3.8) is 0 Å². The molecule has 0 aliphatic carbocycles. The number of nitrogens with two attached hydrogens (primary N) is 2. The Morgan fingerprint density at radius 3 is 2.76 bits per heavy atom. The van der Waals surface area contributed by atoms with Crippen LogP contribution >= 0.6 is 0 Å². The SMILES string of the molecule is CCCC[C@H](N)C(=O)N1CCCC(C(N)=O)C1. The van der Waals surface area contributed by atoms with E-state index in [2.05, 4.69) is 6.92 Å². The fourth-order valence-corrected chi connectivity index (χ4v) is 2.19. The Morgan fingerprint density at radius 1 is 1.47 bits per heavy atom. The number of unbranched alkanes of at least 4 members (excludes halogenated alkanes) is 1. The Bertz CT molecular complexity index is 281. The quantitative estimate of drug-likeness (QED) is 0.722. The van der Waals surface area contributed by atoms with Crippen LogP contribution in [0.2, 0.25) is 0 Å². The molecular weight excluding hydrogens is 218 g/mol. The first-order valence-electron chi connectivity index (χ1n) is 6.40. The van der Waals surface area contributed by atoms with E-state index in [9.17, 15) is 9.59 Å². The summed E-state index contributed by atoms with van der Waals surface area (Å²) in [4.78, 5) is 24.8. The minimum atomic E-state index is -0.429. The summed E-state index contributed by atoms with van der Waals surface area (Å²) in [5.74, 6) is -0.555. The average Bonchev–Trinajstić information content (AvgIpc) is 2.35. The van der Waals surface area contributed by atoms with E-state index in [4.69, 9.17) is 11.5 Å². The number of primary amides is 1. The van der Waals surface area contributed by atoms with Gasteiger partial charge in [-0.3, -0.25) is 9.59 Å². The predicted octanol–water partition coefficient (Wildman–Crippen LogP) is 0.228. The summed E-state index contributed by atoms with van der Waals surface area (Å²) in [6, 6.07) is -0.429. The molecule has 2 amide bonds. The number of piperidine rings is 1. The first kappa shape index (κ1) is 14.0. The zero-order valence-corrected chi connectivity index (χ0v) is 10.5. The Hall–Kier alpha value is -1.10. The van der Waals surface area contributed by atoms with E-state index in [1.54, 1.807) is 4.90 Å². The van der Waals surface area contributed by atoms with E-state index in [1.165, 1.54) is 0 Å². The molecule has 5 nitrogen and oxygen atoms in total. The lowest BCUT2D eigenvalue weighted by atomic mass is 9.96. The zero-order chi connectivity index (χ0) is 12.8. The van der Waals surface area contributed by atoms with Crippen molar-refractivity contribution >= 4 is 11.8 Å². The van der Waals surface area contributed by atoms with Gasteiger partial charge in [0.25, 0.3) is 0 Å². The molecule has 0 saturated carbocycles. The van der Waals surface area contributed by atoms with Gasteiger partial charge in [-0.15, -0.1) is 0 Å². The molecule has 0 aromatic rings. The monoisotopic (exact) mass is 241 g/mol. The largest absolute Gasteiger partial charge is 0.369 e. The molecule has 1 fully saturated rings. The summed E-state index contributed by atoms with van der Waals surface area (Å²) in [7, 11) is 0. The van der Waals surface area contributed by atoms with Crippen LogP contribution in [0.4, 0.5) is 0 Å². The van der Waals surface area contributed by atoms with E-state index in [1.807, 2.05) is 0 Å². The number of nitrogens with zero attached hydrogens (tertiary/aromatic N) is 1. The second-order valence-corrected chi connectivity index (χ2v) is 4.77. The van der Waals surface area contributed by atoms with Crippen molar-refractivity contribution in [2.24, 2.45) is 17.4 Å². The number of carbonyl (C=O) groups is 2. The first-order chi connectivity index (χ1) is 8.06. The summed E-state index contributed by atoms with van der Waals surface area (Å²) >= 11 is 0. The Balaban J connectivity index is 2.48. The molecule has 1 rings (SSSR count). The highest BCUT2D eigenvalue weighted by Crippen LogP contribution is 2.17. The molecule has 1 unspecified atom stereocenters. The molecule has 98 valence electrons. The van der Waals surface area contributed by atoms with Crippen LogP contribution in [0.5, 0.6) is 0 Å². The first-order valence-corrected chi connectivity index (χ1v) is 6.40. The van der Waals surface area contributed by atoms with Gasteiger partial charge in [-0.25, -0.2) is 0 Å². The van der Waals surface area contributed by atoms with Gasteiger partial charge in [0, 0.05) is 13.1 Å². The minimum Gasteiger partial charge on any atom is -0.369 e. The van der Waals surface area contributed by atoms with Crippen molar-refractivity contribution in [1.29, 1.82) is 0 Å². The lowest BCUT2D eigenvalue weighted by Gasteiger charge is -2.32. The van der Waals surface area contributed by atoms with E-state index < -0.39 is 6.04 Å². The van der Waals surface area contributed by atoms with Crippen LogP contribution in [0.25, 0.3) is 0 Å². The van der Waals surface area contributed by atoms with Gasteiger partial charge in [0.05, 0.1) is 12.0 Å². The molecule has 1 saturated heterocycles. The summed E-state index contributed by atoms with van der Waals surface area (Å²) in [6.07, 6.45) is 4.32. The molecule has 0 aromatic carbocycles. The van der Waals surface area contributed by atoms with Crippen LogP contribution < -0.4 is 11.5 Å². The van der Waals surface area contributed by atoms with Crippen molar-refractivity contribution in [2.75, 3.05) is 13.1 Å². The predicted molar refractivity (Wildman–Crippen MR) is 66.0 cm³/mol. The van der Waals surface area contributed by atoms with Crippen molar-refractivity contribution in [3.05, 3.63) is 0 Å². The third-order valence-corrected chi connectivity index (χ3v) is 3.32. The molecule has 1 heterocycles. The zero-order valence-electron chi connectivity index (χ0n) is 10.5. The third kappa shape index (κ3) is 4.00. The van der Waals surface area contributed by atoms with E-state index in [-0.39, 0.29) is 17.7 Å². The Morgan fingerprint density at radius 2 is 2.18 bits per heavy atom. The van der Waals surface area contributed by atoms with Gasteiger partial charge in [-0.2, -0.15) is 0 Å². The van der Waals surface area contributed by atoms with Crippen LogP contribution in [-0.4, -0.2) is 35.8 Å². The second kappa shape index (κ2) is 6.59. The van der Waals surface area contributed by atoms with Gasteiger partial charge in [-0.1, -0.05) is 19.8 Å². The Labute approximate surface area is 103 Å². The molecule has 0 aromatic heterocycles. The topological polar surface area (TPSA) is 89.4 Å². The van der Waals surface area contributed by atoms with Gasteiger partial charge in [0.1, 0.15) is 0 Å². The number of hydrogen-bond donors (Lipinski definition) is 2. The number of carbonyl (C=O) groups excluding carboxylic acids is 2. The smallest absolute Gasteiger partial charge is 0.239 e. The molecule has 17 heavy (non-hydrogen) atoms. The summed E-state index contributed by atoms with van der Waals surface area (Å²) in [5.41, 5.74) is 11.1. The molecular formula is C12H23N3O2. The highest BCUT2D eigenvalue weighted by molar-refractivity contribution is 5.83. The lowest BCUT2D eigenvalue weighted by molar-refractivity contribution is -0.136. The number of amides is 2. The van der Waals surface area contributed by atoms with Gasteiger partial charge in [-0.05, 0) is 19.3 Å². The molecule has 1 aliphatic heterocycles. The molecule has 1 aliphatic rings. The molecule has 2 atom stereocenters. The van der Waals surface area contributed by atoms with Crippen LogP contribution in [0, 0.1) is 5.92 Å². The minimum absolute atomic E-state index is 0.0376. The summed E-state index contributed by atoms with van der Waals surface area (Å²) in [5, 5.41) is 0. The summed E-state index contributed by atoms with van der Waals surface area (Å²) in [6.45, 7) is 3.21. The standard InChI is InChI=1S/C12H23N3O2/c1-2-3-6-10(13)12(17)15-7-4-5-9(8-15)11(14)16/h9-10H,2-8,13H2,1H3,(H2,14,16)/t9?,10-/m0/s1. The number of likely N-dealkylation sites (tertiary alicyclic amines) is 1. The molecule has 4 N–H and O–H groups in total. The maximum atomic E-state index is 12.0. The molecule has 0 spiro atoms. The van der Waals surface area contributed by atoms with Crippen LogP contribution in [0.1, 0.15) is 39.0 Å². The van der Waals surface area contributed by atoms with E-state index >= 15 is 0 Å². The van der Waals surface area contributed by atoms with E-state index in [0.29, 0.717) is 19.5 Å². The van der Waals surface area contributed by atoms with Crippen LogP contribution in [-0.2, 0) is 9.59 Å². The van der Waals surface area contributed by atoms with Crippen molar-refractivity contribution in [1.82, 2.24) is 4.90 Å².